The number of methoxy groups -OCH3 is 2. The molecule has 1 aliphatic rings. The van der Waals surface area contributed by atoms with Gasteiger partial charge in [0.2, 0.25) is 11.8 Å². The Kier molecular flexibility index (Phi) is 6.11. The van der Waals surface area contributed by atoms with E-state index in [0.717, 1.165) is 16.8 Å². The fourth-order valence-electron chi connectivity index (χ4n) is 3.70. The van der Waals surface area contributed by atoms with E-state index in [4.69, 9.17) is 14.0 Å². The Labute approximate surface area is 186 Å². The molecule has 0 radical (unpaired) electrons. The molecule has 1 unspecified atom stereocenters. The van der Waals surface area contributed by atoms with Gasteiger partial charge in [-0.2, -0.15) is 0 Å². The van der Waals surface area contributed by atoms with Crippen molar-refractivity contribution in [3.8, 4) is 22.8 Å². The minimum Gasteiger partial charge on any atom is -0.493 e. The maximum Gasteiger partial charge on any atom is 0.227 e. The van der Waals surface area contributed by atoms with Crippen LogP contribution in [-0.2, 0) is 16.1 Å². The van der Waals surface area contributed by atoms with Gasteiger partial charge in [-0.25, -0.2) is 0 Å². The van der Waals surface area contributed by atoms with Crippen LogP contribution in [0.2, 0.25) is 0 Å². The van der Waals surface area contributed by atoms with Crippen molar-refractivity contribution in [3.05, 3.63) is 59.8 Å². The van der Waals surface area contributed by atoms with Crippen LogP contribution in [0.5, 0.6) is 11.5 Å². The van der Waals surface area contributed by atoms with E-state index in [9.17, 15) is 9.59 Å². The number of hydrogen-bond acceptors (Lipinski definition) is 6. The number of benzene rings is 2. The Hall–Kier alpha value is -3.81. The summed E-state index contributed by atoms with van der Waals surface area (Å²) in [5.41, 5.74) is 3.30. The Bertz CT molecular complexity index is 1120. The second-order valence-electron chi connectivity index (χ2n) is 7.71. The van der Waals surface area contributed by atoms with E-state index in [-0.39, 0.29) is 24.8 Å². The molecule has 32 heavy (non-hydrogen) atoms. The van der Waals surface area contributed by atoms with Crippen LogP contribution < -0.4 is 19.7 Å². The van der Waals surface area contributed by atoms with Crippen molar-refractivity contribution >= 4 is 17.5 Å². The molecule has 1 fully saturated rings. The first-order valence-electron chi connectivity index (χ1n) is 10.3. The van der Waals surface area contributed by atoms with Crippen LogP contribution >= 0.6 is 0 Å². The molecule has 1 aliphatic heterocycles. The van der Waals surface area contributed by atoms with Gasteiger partial charge in [0.25, 0.3) is 0 Å². The molecule has 1 saturated heterocycles. The fourth-order valence-corrected chi connectivity index (χ4v) is 3.70. The Balaban J connectivity index is 1.36. The molecule has 2 heterocycles. The van der Waals surface area contributed by atoms with E-state index in [2.05, 4.69) is 10.5 Å². The van der Waals surface area contributed by atoms with Crippen molar-refractivity contribution < 1.29 is 23.6 Å². The normalized spacial score (nSPS) is 15.7. The standard InChI is InChI=1S/C24H25N3O5/c1-15-4-7-19(8-5-15)27-14-17(11-23(27)28)24(29)25-13-18-12-21(32-26-18)16-6-9-20(30-2)22(10-16)31-3/h4-10,12,17H,11,13-14H2,1-3H3,(H,25,29). The number of carbonyl (C=O) groups is 2. The Morgan fingerprint density at radius 1 is 1.12 bits per heavy atom. The van der Waals surface area contributed by atoms with Crippen molar-refractivity contribution in [2.45, 2.75) is 19.9 Å². The van der Waals surface area contributed by atoms with Gasteiger partial charge in [-0.05, 0) is 37.3 Å². The van der Waals surface area contributed by atoms with Crippen molar-refractivity contribution in [2.24, 2.45) is 5.92 Å². The molecular weight excluding hydrogens is 410 g/mol. The number of aryl methyl sites for hydroxylation is 1. The van der Waals surface area contributed by atoms with Crippen LogP contribution in [0.25, 0.3) is 11.3 Å². The minimum atomic E-state index is -0.402. The first-order chi connectivity index (χ1) is 15.5. The topological polar surface area (TPSA) is 93.9 Å². The second kappa shape index (κ2) is 9.13. The second-order valence-corrected chi connectivity index (χ2v) is 7.71. The van der Waals surface area contributed by atoms with Crippen LogP contribution in [0.1, 0.15) is 17.7 Å². The van der Waals surface area contributed by atoms with E-state index in [1.807, 2.05) is 37.3 Å². The van der Waals surface area contributed by atoms with Gasteiger partial charge >= 0.3 is 0 Å². The predicted molar refractivity (Wildman–Crippen MR) is 119 cm³/mol. The summed E-state index contributed by atoms with van der Waals surface area (Å²) in [6, 6.07) is 14.9. The SMILES string of the molecule is COc1ccc(-c2cc(CNC(=O)C3CC(=O)N(c4ccc(C)cc4)C3)no2)cc1OC. The number of carbonyl (C=O) groups excluding carboxylic acids is 2. The molecule has 0 saturated carbocycles. The molecule has 166 valence electrons. The molecule has 3 aromatic rings. The minimum absolute atomic E-state index is 0.0498. The molecule has 1 aromatic heterocycles. The summed E-state index contributed by atoms with van der Waals surface area (Å²) in [7, 11) is 3.14. The highest BCUT2D eigenvalue weighted by atomic mass is 16.5. The van der Waals surface area contributed by atoms with Gasteiger partial charge < -0.3 is 24.2 Å². The number of anilines is 1. The maximum atomic E-state index is 12.6. The summed E-state index contributed by atoms with van der Waals surface area (Å²) < 4.78 is 16.0. The van der Waals surface area contributed by atoms with Crippen LogP contribution in [0, 0.1) is 12.8 Å². The smallest absolute Gasteiger partial charge is 0.227 e. The van der Waals surface area contributed by atoms with E-state index in [1.165, 1.54) is 0 Å². The summed E-state index contributed by atoms with van der Waals surface area (Å²) in [6.45, 7) is 2.57. The third-order valence-electron chi connectivity index (χ3n) is 5.51. The first kappa shape index (κ1) is 21.4. The zero-order valence-corrected chi connectivity index (χ0v) is 18.3. The largest absolute Gasteiger partial charge is 0.493 e. The zero-order chi connectivity index (χ0) is 22.7. The number of hydrogen-bond donors (Lipinski definition) is 1. The van der Waals surface area contributed by atoms with Crippen LogP contribution in [0.4, 0.5) is 5.69 Å². The third kappa shape index (κ3) is 4.44. The molecule has 4 rings (SSSR count). The molecule has 0 spiro atoms. The third-order valence-corrected chi connectivity index (χ3v) is 5.51. The average molecular weight is 435 g/mol. The van der Waals surface area contributed by atoms with Crippen molar-refractivity contribution in [1.29, 1.82) is 0 Å². The fraction of sp³-hybridized carbons (Fsp3) is 0.292. The van der Waals surface area contributed by atoms with E-state index >= 15 is 0 Å². The Morgan fingerprint density at radius 3 is 2.59 bits per heavy atom. The molecule has 1 N–H and O–H groups in total. The van der Waals surface area contributed by atoms with Crippen molar-refractivity contribution in [3.63, 3.8) is 0 Å². The highest BCUT2D eigenvalue weighted by molar-refractivity contribution is 6.00. The molecule has 2 aromatic carbocycles. The molecule has 8 nitrogen and oxygen atoms in total. The highest BCUT2D eigenvalue weighted by Crippen LogP contribution is 2.32. The van der Waals surface area contributed by atoms with Gasteiger partial charge in [0.15, 0.2) is 17.3 Å². The van der Waals surface area contributed by atoms with Gasteiger partial charge in [0.05, 0.1) is 26.7 Å². The van der Waals surface area contributed by atoms with Gasteiger partial charge in [-0.15, -0.1) is 0 Å². The first-order valence-corrected chi connectivity index (χ1v) is 10.3. The van der Waals surface area contributed by atoms with Gasteiger partial charge in [-0.3, -0.25) is 9.59 Å². The van der Waals surface area contributed by atoms with Gasteiger partial charge in [0.1, 0.15) is 5.69 Å². The molecule has 8 heteroatoms. The Morgan fingerprint density at radius 2 is 1.88 bits per heavy atom. The lowest BCUT2D eigenvalue weighted by Gasteiger charge is -2.16. The van der Waals surface area contributed by atoms with Crippen molar-refractivity contribution in [1.82, 2.24) is 10.5 Å². The lowest BCUT2D eigenvalue weighted by molar-refractivity contribution is -0.126. The lowest BCUT2D eigenvalue weighted by Crippen LogP contribution is -2.32. The average Bonchev–Trinajstić information content (AvgIpc) is 3.44. The van der Waals surface area contributed by atoms with Crippen molar-refractivity contribution in [2.75, 3.05) is 25.7 Å². The number of nitrogens with zero attached hydrogens (tertiary/aromatic N) is 2. The molecule has 0 bridgehead atoms. The number of rotatable bonds is 7. The van der Waals surface area contributed by atoms with Gasteiger partial charge in [-0.1, -0.05) is 22.9 Å². The summed E-state index contributed by atoms with van der Waals surface area (Å²) in [5, 5.41) is 6.90. The number of aromatic nitrogens is 1. The van der Waals surface area contributed by atoms with E-state index in [0.29, 0.717) is 29.5 Å². The van der Waals surface area contributed by atoms with Crippen LogP contribution in [0.15, 0.2) is 53.1 Å². The summed E-state index contributed by atoms with van der Waals surface area (Å²) in [5.74, 6) is 1.13. The lowest BCUT2D eigenvalue weighted by atomic mass is 10.1. The zero-order valence-electron chi connectivity index (χ0n) is 18.3. The van der Waals surface area contributed by atoms with Crippen LogP contribution in [0.3, 0.4) is 0 Å². The molecule has 1 atom stereocenters. The number of ether oxygens (including phenoxy) is 2. The van der Waals surface area contributed by atoms with Gasteiger partial charge in [0, 0.05) is 30.3 Å². The van der Waals surface area contributed by atoms with E-state index < -0.39 is 5.92 Å². The molecule has 0 aliphatic carbocycles. The summed E-state index contributed by atoms with van der Waals surface area (Å²) >= 11 is 0. The monoisotopic (exact) mass is 435 g/mol. The molecular formula is C24H25N3O5. The number of nitrogens with one attached hydrogen (secondary N) is 1. The summed E-state index contributed by atoms with van der Waals surface area (Å²) in [4.78, 5) is 26.7. The predicted octanol–water partition coefficient (Wildman–Crippen LogP) is 3.34. The number of amides is 2. The highest BCUT2D eigenvalue weighted by Gasteiger charge is 2.35. The summed E-state index contributed by atoms with van der Waals surface area (Å²) in [6.07, 6.45) is 0.190. The maximum absolute atomic E-state index is 12.6. The van der Waals surface area contributed by atoms with E-state index in [1.54, 1.807) is 37.3 Å². The molecule has 2 amide bonds. The van der Waals surface area contributed by atoms with Crippen LogP contribution in [-0.4, -0.2) is 37.7 Å². The quantitative estimate of drug-likeness (QED) is 0.612.